The molecule has 0 radical (unpaired) electrons. The van der Waals surface area contributed by atoms with Crippen molar-refractivity contribution in [3.8, 4) is 11.8 Å². The molecule has 3 heteroatoms. The van der Waals surface area contributed by atoms with E-state index in [2.05, 4.69) is 18.8 Å². The van der Waals surface area contributed by atoms with Gasteiger partial charge in [-0.2, -0.15) is 0 Å². The van der Waals surface area contributed by atoms with E-state index in [1.165, 1.54) is 6.42 Å². The molecule has 130 valence electrons. The minimum Gasteiger partial charge on any atom is -0.450 e. The highest BCUT2D eigenvalue weighted by Gasteiger charge is 2.46. The van der Waals surface area contributed by atoms with Crippen molar-refractivity contribution in [2.75, 3.05) is 6.61 Å². The maximum atomic E-state index is 12.7. The molecule has 1 aromatic carbocycles. The van der Waals surface area contributed by atoms with Crippen molar-refractivity contribution in [3.63, 3.8) is 0 Å². The zero-order valence-corrected chi connectivity index (χ0v) is 14.6. The van der Waals surface area contributed by atoms with Crippen LogP contribution in [-0.4, -0.2) is 17.7 Å². The Balaban J connectivity index is 2.10. The maximum absolute atomic E-state index is 12.7. The van der Waals surface area contributed by atoms with Crippen molar-refractivity contribution in [3.05, 3.63) is 35.9 Å². The van der Waals surface area contributed by atoms with Gasteiger partial charge in [0.2, 0.25) is 0 Å². The van der Waals surface area contributed by atoms with Gasteiger partial charge in [-0.25, -0.2) is 4.79 Å². The third kappa shape index (κ3) is 4.61. The first kappa shape index (κ1) is 18.5. The Hall–Kier alpha value is -1.79. The molecule has 0 heterocycles. The van der Waals surface area contributed by atoms with E-state index in [4.69, 9.17) is 4.74 Å². The number of carbonyl (C=O) groups excluding carboxylic acids is 1. The molecular weight excluding hydrogens is 300 g/mol. The lowest BCUT2D eigenvalue weighted by Crippen LogP contribution is -2.45. The monoisotopic (exact) mass is 328 g/mol. The maximum Gasteiger partial charge on any atom is 0.344 e. The number of esters is 1. The Kier molecular flexibility index (Phi) is 7.34. The van der Waals surface area contributed by atoms with Gasteiger partial charge in [0.15, 0.2) is 12.2 Å². The Morgan fingerprint density at radius 1 is 1.21 bits per heavy atom. The van der Waals surface area contributed by atoms with Gasteiger partial charge in [-0.05, 0) is 24.8 Å². The molecule has 0 aliphatic heterocycles. The molecule has 1 fully saturated rings. The lowest BCUT2D eigenvalue weighted by molar-refractivity contribution is -0.174. The van der Waals surface area contributed by atoms with Crippen LogP contribution in [0.1, 0.15) is 63.9 Å². The summed E-state index contributed by atoms with van der Waals surface area (Å²) < 4.78 is 5.33. The quantitative estimate of drug-likeness (QED) is 0.484. The summed E-state index contributed by atoms with van der Waals surface area (Å²) in [5.74, 6) is 5.22. The topological polar surface area (TPSA) is 46.5 Å². The third-order valence-electron chi connectivity index (χ3n) is 4.78. The van der Waals surface area contributed by atoms with Crippen molar-refractivity contribution < 1.29 is 14.6 Å². The Bertz CT molecular complexity index is 564. The van der Waals surface area contributed by atoms with E-state index >= 15 is 0 Å². The highest BCUT2D eigenvalue weighted by Crippen LogP contribution is 2.40. The molecule has 0 aromatic heterocycles. The molecule has 24 heavy (non-hydrogen) atoms. The number of rotatable bonds is 6. The predicted octanol–water partition coefficient (Wildman–Crippen LogP) is 4.19. The standard InChI is InChI=1S/C21H28O3/c1-2-3-4-5-12-17-24-20(22)21(23,18-13-8-6-9-14-18)19-15-10-7-11-16-19/h6,8-9,13-14,19,23H,2-4,7,10-11,15-17H2,1H3/t21-/m1/s1. The minimum atomic E-state index is -1.56. The van der Waals surface area contributed by atoms with Gasteiger partial charge < -0.3 is 9.84 Å². The van der Waals surface area contributed by atoms with Gasteiger partial charge in [-0.15, -0.1) is 0 Å². The SMILES string of the molecule is CCCCC#CCOC(=O)[C@@](O)(c1ccccc1)C1CCCCC1. The molecule has 3 nitrogen and oxygen atoms in total. The van der Waals surface area contributed by atoms with E-state index in [0.29, 0.717) is 5.56 Å². The fourth-order valence-corrected chi connectivity index (χ4v) is 3.35. The van der Waals surface area contributed by atoms with Gasteiger partial charge in [-0.3, -0.25) is 0 Å². The summed E-state index contributed by atoms with van der Waals surface area (Å²) in [5.41, 5.74) is -0.937. The summed E-state index contributed by atoms with van der Waals surface area (Å²) in [6.45, 7) is 2.16. The van der Waals surface area contributed by atoms with Crippen LogP contribution in [-0.2, 0) is 15.1 Å². The summed E-state index contributed by atoms with van der Waals surface area (Å²) in [6, 6.07) is 9.20. The molecule has 0 spiro atoms. The van der Waals surface area contributed by atoms with Gasteiger partial charge in [0, 0.05) is 12.3 Å². The van der Waals surface area contributed by atoms with Crippen molar-refractivity contribution in [2.45, 2.75) is 63.9 Å². The van der Waals surface area contributed by atoms with Crippen LogP contribution in [0.5, 0.6) is 0 Å². The molecule has 1 saturated carbocycles. The van der Waals surface area contributed by atoms with Crippen LogP contribution < -0.4 is 0 Å². The fourth-order valence-electron chi connectivity index (χ4n) is 3.35. The number of aliphatic hydroxyl groups is 1. The minimum absolute atomic E-state index is 0.0460. The lowest BCUT2D eigenvalue weighted by Gasteiger charge is -2.36. The summed E-state index contributed by atoms with van der Waals surface area (Å²) in [4.78, 5) is 12.7. The second-order valence-electron chi connectivity index (χ2n) is 6.50. The molecular formula is C21H28O3. The first-order valence-electron chi connectivity index (χ1n) is 9.10. The number of unbranched alkanes of at least 4 members (excludes halogenated alkanes) is 2. The van der Waals surface area contributed by atoms with Gasteiger partial charge in [0.05, 0.1) is 0 Å². The second kappa shape index (κ2) is 9.49. The van der Waals surface area contributed by atoms with Crippen molar-refractivity contribution in [2.24, 2.45) is 5.92 Å². The lowest BCUT2D eigenvalue weighted by atomic mass is 9.73. The van der Waals surface area contributed by atoms with E-state index < -0.39 is 11.6 Å². The predicted molar refractivity (Wildman–Crippen MR) is 95.2 cm³/mol. The van der Waals surface area contributed by atoms with Crippen LogP contribution in [0.4, 0.5) is 0 Å². The zero-order valence-electron chi connectivity index (χ0n) is 14.6. The van der Waals surface area contributed by atoms with Crippen molar-refractivity contribution >= 4 is 5.97 Å². The molecule has 1 atom stereocenters. The Morgan fingerprint density at radius 2 is 1.92 bits per heavy atom. The van der Waals surface area contributed by atoms with Crippen LogP contribution >= 0.6 is 0 Å². The average molecular weight is 328 g/mol. The molecule has 0 saturated heterocycles. The van der Waals surface area contributed by atoms with E-state index in [1.54, 1.807) is 0 Å². The molecule has 0 unspecified atom stereocenters. The number of carbonyl (C=O) groups is 1. The zero-order chi connectivity index (χ0) is 17.3. The number of ether oxygens (including phenoxy) is 1. The van der Waals surface area contributed by atoms with Gasteiger partial charge in [0.25, 0.3) is 0 Å². The average Bonchev–Trinajstić information content (AvgIpc) is 2.65. The molecule has 1 aliphatic carbocycles. The van der Waals surface area contributed by atoms with Gasteiger partial charge in [-0.1, -0.05) is 74.8 Å². The highest BCUT2D eigenvalue weighted by atomic mass is 16.5. The third-order valence-corrected chi connectivity index (χ3v) is 4.78. The molecule has 0 bridgehead atoms. The number of benzene rings is 1. The van der Waals surface area contributed by atoms with E-state index in [0.717, 1.165) is 44.9 Å². The van der Waals surface area contributed by atoms with Gasteiger partial charge >= 0.3 is 5.97 Å². The number of hydrogen-bond acceptors (Lipinski definition) is 3. The van der Waals surface area contributed by atoms with Crippen LogP contribution in [0.3, 0.4) is 0 Å². The number of hydrogen-bond donors (Lipinski definition) is 1. The first-order chi connectivity index (χ1) is 11.7. The van der Waals surface area contributed by atoms with Gasteiger partial charge in [0.1, 0.15) is 0 Å². The first-order valence-corrected chi connectivity index (χ1v) is 9.10. The van der Waals surface area contributed by atoms with Crippen LogP contribution in [0.25, 0.3) is 0 Å². The molecule has 1 aromatic rings. The fraction of sp³-hybridized carbons (Fsp3) is 0.571. The molecule has 0 amide bonds. The highest BCUT2D eigenvalue weighted by molar-refractivity contribution is 5.81. The molecule has 1 aliphatic rings. The summed E-state index contributed by atoms with van der Waals surface area (Å²) in [5, 5.41) is 11.3. The van der Waals surface area contributed by atoms with Crippen LogP contribution in [0.15, 0.2) is 30.3 Å². The van der Waals surface area contributed by atoms with E-state index in [1.807, 2.05) is 30.3 Å². The summed E-state index contributed by atoms with van der Waals surface area (Å²) >= 11 is 0. The van der Waals surface area contributed by atoms with Crippen molar-refractivity contribution in [1.29, 1.82) is 0 Å². The van der Waals surface area contributed by atoms with E-state index in [-0.39, 0.29) is 12.5 Å². The largest absolute Gasteiger partial charge is 0.450 e. The Morgan fingerprint density at radius 3 is 2.58 bits per heavy atom. The summed E-state index contributed by atoms with van der Waals surface area (Å²) in [7, 11) is 0. The van der Waals surface area contributed by atoms with Crippen LogP contribution in [0, 0.1) is 17.8 Å². The van der Waals surface area contributed by atoms with Crippen LogP contribution in [0.2, 0.25) is 0 Å². The normalized spacial score (nSPS) is 17.4. The second-order valence-corrected chi connectivity index (χ2v) is 6.50. The molecule has 1 N–H and O–H groups in total. The smallest absolute Gasteiger partial charge is 0.344 e. The van der Waals surface area contributed by atoms with E-state index in [9.17, 15) is 9.90 Å². The van der Waals surface area contributed by atoms with Crippen molar-refractivity contribution in [1.82, 2.24) is 0 Å². The summed E-state index contributed by atoms with van der Waals surface area (Å²) in [6.07, 6.45) is 7.93. The molecule has 2 rings (SSSR count). The Labute approximate surface area is 145 Å².